The third-order valence-electron chi connectivity index (χ3n) is 5.98. The van der Waals surface area contributed by atoms with Gasteiger partial charge in [0.15, 0.2) is 5.82 Å². The number of rotatable bonds is 10. The molecule has 2 heterocycles. The van der Waals surface area contributed by atoms with Gasteiger partial charge in [0.05, 0.1) is 13.0 Å². The second-order valence-corrected chi connectivity index (χ2v) is 9.03. The molecule has 2 aromatic heterocycles. The van der Waals surface area contributed by atoms with Gasteiger partial charge in [0, 0.05) is 49.6 Å². The molecule has 4 rings (SSSR count). The Morgan fingerprint density at radius 2 is 1.84 bits per heavy atom. The summed E-state index contributed by atoms with van der Waals surface area (Å²) in [7, 11) is 3.32. The summed E-state index contributed by atoms with van der Waals surface area (Å²) in [5.74, 6) is -0.989. The molecule has 38 heavy (non-hydrogen) atoms. The molecule has 1 N–H and O–H groups in total. The molecule has 8 nitrogen and oxygen atoms in total. The summed E-state index contributed by atoms with van der Waals surface area (Å²) in [6.07, 6.45) is 8.48. The molecule has 0 spiro atoms. The van der Waals surface area contributed by atoms with Gasteiger partial charge in [0.2, 0.25) is 11.8 Å². The van der Waals surface area contributed by atoms with Crippen molar-refractivity contribution in [3.8, 4) is 0 Å². The van der Waals surface area contributed by atoms with E-state index >= 15 is 0 Å². The van der Waals surface area contributed by atoms with Gasteiger partial charge < -0.3 is 19.4 Å². The van der Waals surface area contributed by atoms with E-state index in [1.54, 1.807) is 32.4 Å². The van der Waals surface area contributed by atoms with Gasteiger partial charge in [0.25, 0.3) is 5.56 Å². The Morgan fingerprint density at radius 1 is 1.05 bits per heavy atom. The van der Waals surface area contributed by atoms with Crippen LogP contribution in [0, 0.1) is 12.2 Å². The van der Waals surface area contributed by atoms with Crippen LogP contribution in [0.5, 0.6) is 0 Å². The molecule has 0 atom stereocenters. The second-order valence-electron chi connectivity index (χ2n) is 9.03. The number of amides is 2. The molecule has 0 unspecified atom stereocenters. The molecule has 1 radical (unpaired) electrons. The van der Waals surface area contributed by atoms with Crippen molar-refractivity contribution >= 4 is 28.5 Å². The van der Waals surface area contributed by atoms with Crippen LogP contribution in [0.2, 0.25) is 0 Å². The minimum absolute atomic E-state index is 0.0798. The first-order chi connectivity index (χ1) is 18.3. The van der Waals surface area contributed by atoms with Crippen LogP contribution in [0.4, 0.5) is 10.2 Å². The summed E-state index contributed by atoms with van der Waals surface area (Å²) in [4.78, 5) is 42.5. The summed E-state index contributed by atoms with van der Waals surface area (Å²) < 4.78 is 17.4. The molecule has 0 aliphatic heterocycles. The molecule has 0 fully saturated rings. The zero-order valence-electron chi connectivity index (χ0n) is 21.3. The number of unbranched alkanes of at least 4 members (excludes halogenated alkanes) is 1. The van der Waals surface area contributed by atoms with E-state index in [1.807, 2.05) is 36.4 Å². The first kappa shape index (κ1) is 26.5. The van der Waals surface area contributed by atoms with Crippen molar-refractivity contribution in [2.75, 3.05) is 19.4 Å². The molecule has 195 valence electrons. The standard InChI is InChI=1S/C29H29FN5O3/c1-33(2)27(37)12-8-4-7-11-26(36)32-28-29(38)34(16-15-31-28)20-24-18-22-17-23(30)13-14-25(22)35(24)19-21-9-5-3-6-10-21/h3,5-6,8-18H,4,7,19-20H2,1-2H3,(H,31,32,36)/b12-8+. The summed E-state index contributed by atoms with van der Waals surface area (Å²) in [6, 6.07) is 16.4. The number of carbonyl (C=O) groups excluding carboxylic acids is 2. The van der Waals surface area contributed by atoms with E-state index in [4.69, 9.17) is 0 Å². The van der Waals surface area contributed by atoms with Gasteiger partial charge in [-0.3, -0.25) is 14.4 Å². The largest absolute Gasteiger partial charge is 0.345 e. The number of hydrogen-bond donors (Lipinski definition) is 1. The highest BCUT2D eigenvalue weighted by Gasteiger charge is 2.14. The number of likely N-dealkylation sites (N-methyl/N-ethyl adjacent to an activating group) is 1. The summed E-state index contributed by atoms with van der Waals surface area (Å²) >= 11 is 0. The van der Waals surface area contributed by atoms with Crippen molar-refractivity contribution in [2.24, 2.45) is 0 Å². The summed E-state index contributed by atoms with van der Waals surface area (Å²) in [5, 5.41) is 3.29. The zero-order chi connectivity index (χ0) is 27.1. The van der Waals surface area contributed by atoms with Gasteiger partial charge >= 0.3 is 0 Å². The van der Waals surface area contributed by atoms with E-state index in [-0.39, 0.29) is 24.1 Å². The maximum atomic E-state index is 13.9. The molecule has 0 aliphatic carbocycles. The number of allylic oxidation sites excluding steroid dienone is 1. The molecule has 0 aliphatic rings. The van der Waals surface area contributed by atoms with Crippen molar-refractivity contribution < 1.29 is 14.0 Å². The smallest absolute Gasteiger partial charge is 0.294 e. The van der Waals surface area contributed by atoms with Crippen molar-refractivity contribution in [3.05, 3.63) is 113 Å². The van der Waals surface area contributed by atoms with Crippen LogP contribution < -0.4 is 10.9 Å². The van der Waals surface area contributed by atoms with E-state index in [9.17, 15) is 18.8 Å². The third kappa shape index (κ3) is 6.61. The van der Waals surface area contributed by atoms with Crippen molar-refractivity contribution in [1.29, 1.82) is 0 Å². The number of fused-ring (bicyclic) bond motifs is 1. The van der Waals surface area contributed by atoms with Crippen LogP contribution in [0.3, 0.4) is 0 Å². The Kier molecular flexibility index (Phi) is 8.47. The Labute approximate surface area is 220 Å². The normalized spacial score (nSPS) is 11.2. The van der Waals surface area contributed by atoms with Crippen LogP contribution in [0.15, 0.2) is 83.9 Å². The SMILES string of the molecule is CN(C)C(=O)/C=C/CC[CH]C(=O)Nc1nccn(Cc2cc3cc(F)ccc3n2Cc2ccccc2)c1=O. The second kappa shape index (κ2) is 12.1. The fourth-order valence-electron chi connectivity index (χ4n) is 4.03. The highest BCUT2D eigenvalue weighted by atomic mass is 19.1. The first-order valence-corrected chi connectivity index (χ1v) is 12.2. The number of anilines is 1. The van der Waals surface area contributed by atoms with Crippen LogP contribution in [-0.2, 0) is 22.7 Å². The predicted molar refractivity (Wildman–Crippen MR) is 145 cm³/mol. The number of nitrogens with one attached hydrogen (secondary N) is 1. The fourth-order valence-corrected chi connectivity index (χ4v) is 4.03. The Bertz CT molecular complexity index is 1520. The Morgan fingerprint density at radius 3 is 2.61 bits per heavy atom. The fraction of sp³-hybridized carbons (Fsp3) is 0.207. The average Bonchev–Trinajstić information content (AvgIpc) is 3.22. The number of nitrogens with zero attached hydrogens (tertiary/aromatic N) is 4. The van der Waals surface area contributed by atoms with Gasteiger partial charge in [0.1, 0.15) is 5.82 Å². The summed E-state index contributed by atoms with van der Waals surface area (Å²) in [5.41, 5.74) is 2.29. The molecular formula is C29H29FN5O3. The van der Waals surface area contributed by atoms with Crippen LogP contribution in [0.25, 0.3) is 10.9 Å². The van der Waals surface area contributed by atoms with Crippen molar-refractivity contribution in [1.82, 2.24) is 19.0 Å². The average molecular weight is 515 g/mol. The first-order valence-electron chi connectivity index (χ1n) is 12.2. The number of benzene rings is 2. The van der Waals surface area contributed by atoms with Gasteiger partial charge in [-0.25, -0.2) is 9.37 Å². The highest BCUT2D eigenvalue weighted by Crippen LogP contribution is 2.23. The van der Waals surface area contributed by atoms with Gasteiger partial charge in [-0.2, -0.15) is 0 Å². The van der Waals surface area contributed by atoms with Gasteiger partial charge in [-0.1, -0.05) is 36.4 Å². The van der Waals surface area contributed by atoms with E-state index in [1.165, 1.54) is 40.3 Å². The third-order valence-corrected chi connectivity index (χ3v) is 5.98. The van der Waals surface area contributed by atoms with Crippen molar-refractivity contribution in [3.63, 3.8) is 0 Å². The Balaban J connectivity index is 1.49. The molecular weight excluding hydrogens is 485 g/mol. The highest BCUT2D eigenvalue weighted by molar-refractivity contribution is 5.96. The number of carbonyl (C=O) groups is 2. The molecule has 0 saturated carbocycles. The Hall–Kier alpha value is -4.53. The van der Waals surface area contributed by atoms with Crippen LogP contribution in [-0.4, -0.2) is 44.9 Å². The lowest BCUT2D eigenvalue weighted by molar-refractivity contribution is -0.123. The van der Waals surface area contributed by atoms with Gasteiger partial charge in [-0.05, 0) is 48.7 Å². The van der Waals surface area contributed by atoms with Gasteiger partial charge in [-0.15, -0.1) is 0 Å². The molecule has 9 heteroatoms. The maximum Gasteiger partial charge on any atom is 0.294 e. The quantitative estimate of drug-likeness (QED) is 0.256. The lowest BCUT2D eigenvalue weighted by atomic mass is 10.2. The monoisotopic (exact) mass is 514 g/mol. The van der Waals surface area contributed by atoms with E-state index < -0.39 is 11.5 Å². The van der Waals surface area contributed by atoms with Crippen LogP contribution >= 0.6 is 0 Å². The lowest BCUT2D eigenvalue weighted by Crippen LogP contribution is -2.27. The molecule has 2 aromatic carbocycles. The number of aromatic nitrogens is 3. The zero-order valence-corrected chi connectivity index (χ0v) is 21.3. The minimum Gasteiger partial charge on any atom is -0.345 e. The maximum absolute atomic E-state index is 13.9. The number of hydrogen-bond acceptors (Lipinski definition) is 4. The minimum atomic E-state index is -0.451. The topological polar surface area (TPSA) is 89.2 Å². The van der Waals surface area contributed by atoms with Crippen LogP contribution in [0.1, 0.15) is 24.1 Å². The molecule has 4 aromatic rings. The predicted octanol–water partition coefficient (Wildman–Crippen LogP) is 4.00. The number of halogens is 1. The summed E-state index contributed by atoms with van der Waals surface area (Å²) in [6.45, 7) is 0.764. The van der Waals surface area contributed by atoms with E-state index in [0.29, 0.717) is 19.4 Å². The molecule has 2 amide bonds. The molecule has 0 bridgehead atoms. The van der Waals surface area contributed by atoms with E-state index in [2.05, 4.69) is 14.9 Å². The van der Waals surface area contributed by atoms with Crippen molar-refractivity contribution in [2.45, 2.75) is 25.9 Å². The molecule has 0 saturated heterocycles. The van der Waals surface area contributed by atoms with E-state index in [0.717, 1.165) is 22.2 Å². The lowest BCUT2D eigenvalue weighted by Gasteiger charge is -2.13.